The number of fused-ring (bicyclic) bond motifs is 2. The van der Waals surface area contributed by atoms with E-state index in [1.807, 2.05) is 12.1 Å². The molecule has 1 spiro atoms. The molecular formula is C30H37Cl2FN4O2. The van der Waals surface area contributed by atoms with Crippen LogP contribution in [0.15, 0.2) is 36.4 Å². The van der Waals surface area contributed by atoms with Crippen LogP contribution in [-0.4, -0.2) is 55.0 Å². The van der Waals surface area contributed by atoms with Crippen molar-refractivity contribution in [3.05, 3.63) is 63.4 Å². The predicted octanol–water partition coefficient (Wildman–Crippen LogP) is 5.48. The molecule has 0 unspecified atom stereocenters. The van der Waals surface area contributed by atoms with Crippen molar-refractivity contribution in [1.82, 2.24) is 15.5 Å². The van der Waals surface area contributed by atoms with Gasteiger partial charge in [-0.1, -0.05) is 56.1 Å². The molecule has 210 valence electrons. The number of hydrogen-bond donors (Lipinski definition) is 3. The summed E-state index contributed by atoms with van der Waals surface area (Å²) in [7, 11) is 0. The van der Waals surface area contributed by atoms with Gasteiger partial charge < -0.3 is 20.9 Å². The zero-order chi connectivity index (χ0) is 27.9. The van der Waals surface area contributed by atoms with Crippen molar-refractivity contribution in [1.29, 1.82) is 0 Å². The Balaban J connectivity index is 1.56. The van der Waals surface area contributed by atoms with E-state index >= 15 is 0 Å². The van der Waals surface area contributed by atoms with Crippen LogP contribution in [0.25, 0.3) is 0 Å². The van der Waals surface area contributed by atoms with Gasteiger partial charge in [-0.05, 0) is 86.1 Å². The topological polar surface area (TPSA) is 73.5 Å². The lowest BCUT2D eigenvalue weighted by molar-refractivity contribution is -0.123. The molecule has 9 heteroatoms. The fourth-order valence-electron chi connectivity index (χ4n) is 6.76. The fraction of sp³-hybridized carbons (Fsp3) is 0.533. The van der Waals surface area contributed by atoms with Gasteiger partial charge in [0.15, 0.2) is 0 Å². The summed E-state index contributed by atoms with van der Waals surface area (Å²) in [5.74, 6) is -1.66. The van der Waals surface area contributed by atoms with Crippen LogP contribution in [0.4, 0.5) is 10.1 Å². The number of nitrogens with zero attached hydrogens (tertiary/aromatic N) is 1. The number of amides is 2. The van der Waals surface area contributed by atoms with Crippen molar-refractivity contribution in [2.75, 3.05) is 31.5 Å². The van der Waals surface area contributed by atoms with Crippen LogP contribution in [0.2, 0.25) is 10.0 Å². The monoisotopic (exact) mass is 574 g/mol. The highest BCUT2D eigenvalue weighted by molar-refractivity contribution is 6.31. The molecule has 39 heavy (non-hydrogen) atoms. The van der Waals surface area contributed by atoms with Crippen molar-refractivity contribution in [3.63, 3.8) is 0 Å². The number of hydrogen-bond acceptors (Lipinski definition) is 4. The highest BCUT2D eigenvalue weighted by atomic mass is 35.5. The molecule has 3 N–H and O–H groups in total. The third kappa shape index (κ3) is 5.43. The van der Waals surface area contributed by atoms with Gasteiger partial charge >= 0.3 is 0 Å². The lowest BCUT2D eigenvalue weighted by atomic mass is 9.62. The standard InChI is InChI=1S/C30H37Cl2FN4O2/c1-29(2,3)17-24-30(20-15-22(33)21(32)16-23(20)35-28(30)39)25(18-8-6-9-19(31)14-18)26(36-24)27(38)34-10-7-13-37-11-4-5-12-37/h6,8-9,14-16,24-26,36H,4-5,7,10-13,17H2,1-3H3,(H,34,38)(H,35,39)/t24-,25+,26-,30+/m1/s1. The first kappa shape index (κ1) is 28.3. The number of anilines is 1. The number of benzene rings is 2. The first-order chi connectivity index (χ1) is 18.5. The van der Waals surface area contributed by atoms with Crippen molar-refractivity contribution in [3.8, 4) is 0 Å². The lowest BCUT2D eigenvalue weighted by Crippen LogP contribution is -2.49. The van der Waals surface area contributed by atoms with Gasteiger partial charge in [0.25, 0.3) is 0 Å². The third-order valence-corrected chi connectivity index (χ3v) is 8.86. The average molecular weight is 576 g/mol. The minimum absolute atomic E-state index is 0.0592. The Labute approximate surface area is 240 Å². The molecule has 3 heterocycles. The lowest BCUT2D eigenvalue weighted by Gasteiger charge is -2.37. The molecule has 4 atom stereocenters. The second-order valence-corrected chi connectivity index (χ2v) is 13.2. The van der Waals surface area contributed by atoms with Crippen molar-refractivity contribution < 1.29 is 14.0 Å². The first-order valence-electron chi connectivity index (χ1n) is 13.8. The molecule has 5 rings (SSSR count). The maximum Gasteiger partial charge on any atom is 0.237 e. The molecular weight excluding hydrogens is 538 g/mol. The Hall–Kier alpha value is -2.19. The highest BCUT2D eigenvalue weighted by Gasteiger charge is 2.65. The summed E-state index contributed by atoms with van der Waals surface area (Å²) in [6, 6.07) is 8.95. The van der Waals surface area contributed by atoms with Crippen LogP contribution in [0, 0.1) is 11.2 Å². The molecule has 2 amide bonds. The van der Waals surface area contributed by atoms with Gasteiger partial charge in [-0.3, -0.25) is 9.59 Å². The van der Waals surface area contributed by atoms with E-state index in [9.17, 15) is 14.0 Å². The molecule has 3 aliphatic rings. The molecule has 2 fully saturated rings. The second kappa shape index (κ2) is 11.0. The fourth-order valence-corrected chi connectivity index (χ4v) is 7.13. The smallest absolute Gasteiger partial charge is 0.237 e. The molecule has 0 radical (unpaired) electrons. The zero-order valence-electron chi connectivity index (χ0n) is 22.8. The van der Waals surface area contributed by atoms with Crippen LogP contribution >= 0.6 is 23.2 Å². The molecule has 2 saturated heterocycles. The molecule has 0 bridgehead atoms. The maximum absolute atomic E-state index is 15.0. The molecule has 2 aromatic rings. The normalized spacial score (nSPS) is 26.7. The van der Waals surface area contributed by atoms with E-state index in [1.165, 1.54) is 25.0 Å². The van der Waals surface area contributed by atoms with E-state index in [-0.39, 0.29) is 22.3 Å². The first-order valence-corrected chi connectivity index (χ1v) is 14.6. The largest absolute Gasteiger partial charge is 0.355 e. The van der Waals surface area contributed by atoms with Gasteiger partial charge in [-0.25, -0.2) is 4.39 Å². The SMILES string of the molecule is CC(C)(C)C[C@H]1N[C@@H](C(=O)NCCCN2CCCC2)[C@H](c2cccc(Cl)c2)[C@@]12C(=O)Nc1cc(Cl)c(F)cc12. The summed E-state index contributed by atoms with van der Waals surface area (Å²) in [5, 5.41) is 10.1. The van der Waals surface area contributed by atoms with Crippen LogP contribution < -0.4 is 16.0 Å². The van der Waals surface area contributed by atoms with Crippen molar-refractivity contribution >= 4 is 40.7 Å². The van der Waals surface area contributed by atoms with Crippen molar-refractivity contribution in [2.45, 2.75) is 69.9 Å². The number of nitrogens with one attached hydrogen (secondary N) is 3. The van der Waals surface area contributed by atoms with Crippen molar-refractivity contribution in [2.24, 2.45) is 5.41 Å². The van der Waals surface area contributed by atoms with Gasteiger partial charge in [0, 0.05) is 29.2 Å². The number of carbonyl (C=O) groups excluding carboxylic acids is 2. The van der Waals surface area contributed by atoms with Gasteiger partial charge in [0.05, 0.1) is 11.1 Å². The predicted molar refractivity (Wildman–Crippen MR) is 154 cm³/mol. The van der Waals surface area contributed by atoms with Crippen LogP contribution in [0.3, 0.4) is 0 Å². The minimum Gasteiger partial charge on any atom is -0.355 e. The summed E-state index contributed by atoms with van der Waals surface area (Å²) < 4.78 is 15.0. The van der Waals surface area contributed by atoms with Gasteiger partial charge in [-0.15, -0.1) is 0 Å². The van der Waals surface area contributed by atoms with Gasteiger partial charge in [0.1, 0.15) is 11.2 Å². The van der Waals surface area contributed by atoms with E-state index in [4.69, 9.17) is 23.2 Å². The van der Waals surface area contributed by atoms with E-state index in [2.05, 4.69) is 41.6 Å². The number of likely N-dealkylation sites (tertiary alicyclic amines) is 1. The Morgan fingerprint density at radius 1 is 1.18 bits per heavy atom. The molecule has 3 aliphatic heterocycles. The summed E-state index contributed by atoms with van der Waals surface area (Å²) in [6.45, 7) is 10.0. The Morgan fingerprint density at radius 2 is 1.92 bits per heavy atom. The van der Waals surface area contributed by atoms with Gasteiger partial charge in [0.2, 0.25) is 11.8 Å². The number of rotatable bonds is 7. The van der Waals surface area contributed by atoms with E-state index in [0.717, 1.165) is 31.6 Å². The zero-order valence-corrected chi connectivity index (χ0v) is 24.3. The van der Waals surface area contributed by atoms with Crippen LogP contribution in [-0.2, 0) is 15.0 Å². The van der Waals surface area contributed by atoms with E-state index in [0.29, 0.717) is 29.2 Å². The summed E-state index contributed by atoms with van der Waals surface area (Å²) in [5.41, 5.74) is 0.327. The Bertz CT molecular complexity index is 1260. The summed E-state index contributed by atoms with van der Waals surface area (Å²) >= 11 is 12.6. The summed E-state index contributed by atoms with van der Waals surface area (Å²) in [6.07, 6.45) is 3.89. The number of halogens is 3. The molecule has 2 aromatic carbocycles. The molecule has 0 aliphatic carbocycles. The highest BCUT2D eigenvalue weighted by Crippen LogP contribution is 2.57. The molecule has 0 saturated carbocycles. The number of carbonyl (C=O) groups is 2. The van der Waals surface area contributed by atoms with E-state index < -0.39 is 29.2 Å². The molecule has 0 aromatic heterocycles. The average Bonchev–Trinajstić information content (AvgIpc) is 3.55. The van der Waals surface area contributed by atoms with Crippen LogP contribution in [0.1, 0.15) is 63.5 Å². The maximum atomic E-state index is 15.0. The second-order valence-electron chi connectivity index (χ2n) is 12.3. The third-order valence-electron chi connectivity index (χ3n) is 8.34. The Morgan fingerprint density at radius 3 is 2.62 bits per heavy atom. The quantitative estimate of drug-likeness (QED) is 0.382. The Kier molecular flexibility index (Phi) is 7.99. The summed E-state index contributed by atoms with van der Waals surface area (Å²) in [4.78, 5) is 30.4. The molecule has 6 nitrogen and oxygen atoms in total. The van der Waals surface area contributed by atoms with Gasteiger partial charge in [-0.2, -0.15) is 0 Å². The van der Waals surface area contributed by atoms with E-state index in [1.54, 1.807) is 12.1 Å². The minimum atomic E-state index is -1.24. The van der Waals surface area contributed by atoms with Crippen LogP contribution in [0.5, 0.6) is 0 Å².